The zero-order valence-corrected chi connectivity index (χ0v) is 26.7. The van der Waals surface area contributed by atoms with Crippen molar-refractivity contribution in [2.75, 3.05) is 37.0 Å². The van der Waals surface area contributed by atoms with E-state index in [2.05, 4.69) is 69.6 Å². The van der Waals surface area contributed by atoms with Gasteiger partial charge in [-0.05, 0) is 37.0 Å². The summed E-state index contributed by atoms with van der Waals surface area (Å²) in [5, 5.41) is 0. The third kappa shape index (κ3) is 49.5. The first-order valence-corrected chi connectivity index (χ1v) is 33.2. The fourth-order valence-electron chi connectivity index (χ4n) is 1.34. The molecule has 0 unspecified atom stereocenters. The van der Waals surface area contributed by atoms with Gasteiger partial charge in [0.1, 0.15) is 0 Å². The minimum atomic E-state index is -0.637. The van der Waals surface area contributed by atoms with E-state index in [1.54, 1.807) is 0 Å². The van der Waals surface area contributed by atoms with Crippen molar-refractivity contribution in [2.24, 2.45) is 0 Å². The fraction of sp³-hybridized carbons (Fsp3) is 1.00. The molecule has 22 heavy (non-hydrogen) atoms. The van der Waals surface area contributed by atoms with Crippen LogP contribution in [-0.2, 0) is 0 Å². The van der Waals surface area contributed by atoms with Gasteiger partial charge in [-0.3, -0.25) is 0 Å². The summed E-state index contributed by atoms with van der Waals surface area (Å²) in [6.07, 6.45) is 8.51. The van der Waals surface area contributed by atoms with Crippen LogP contribution in [0.3, 0.4) is 0 Å². The molecule has 0 radical (unpaired) electrons. The van der Waals surface area contributed by atoms with Crippen molar-refractivity contribution in [2.45, 2.75) is 69.6 Å². The van der Waals surface area contributed by atoms with Crippen molar-refractivity contribution in [3.05, 3.63) is 0 Å². The molecule has 0 fully saturated rings. The van der Waals surface area contributed by atoms with Crippen molar-refractivity contribution in [3.63, 3.8) is 0 Å². The molecule has 0 aliphatic carbocycles. The molecule has 0 bridgehead atoms. The van der Waals surface area contributed by atoms with E-state index in [1.807, 2.05) is 0 Å². The summed E-state index contributed by atoms with van der Waals surface area (Å²) in [7, 11) is 0.892. The zero-order valence-electron chi connectivity index (χ0n) is 18.3. The molecule has 136 valence electrons. The molecular weight excluding hydrogens is 508 g/mol. The predicted octanol–water partition coefficient (Wildman–Crippen LogP) is 7.80. The van der Waals surface area contributed by atoms with Gasteiger partial charge in [-0.15, -0.1) is 15.8 Å². The van der Waals surface area contributed by atoms with Gasteiger partial charge in [-0.2, -0.15) is 0 Å². The van der Waals surface area contributed by atoms with Crippen LogP contribution in [0.1, 0.15) is 41.5 Å². The van der Waals surface area contributed by atoms with Gasteiger partial charge < -0.3 is 0 Å². The van der Waals surface area contributed by atoms with E-state index in [0.29, 0.717) is 15.8 Å². The molecule has 0 saturated carbocycles. The quantitative estimate of drug-likeness (QED) is 0.293. The Kier molecular flexibility index (Phi) is 41.7. The van der Waals surface area contributed by atoms with Gasteiger partial charge in [0.15, 0.2) is 0 Å². The van der Waals surface area contributed by atoms with Crippen molar-refractivity contribution >= 4 is 58.7 Å². The molecule has 0 aliphatic rings. The third-order valence-electron chi connectivity index (χ3n) is 2.68. The molecule has 0 heterocycles. The Morgan fingerprint density at radius 2 is 0.500 bits per heavy atom. The Bertz CT molecular complexity index is 123. The first-order valence-electron chi connectivity index (χ1n) is 9.60. The standard InChI is InChI=1S/2C6H15P.6CH3.2In/c2*1-4-7(5-2)6-3;;;;;;;;/h2*4-6H2,1-3H3;6*1H3;;. The van der Waals surface area contributed by atoms with Gasteiger partial charge in [-0.25, -0.2) is 0 Å². The molecule has 0 amide bonds. The Hall–Kier alpha value is 2.60. The van der Waals surface area contributed by atoms with E-state index < -0.39 is 42.9 Å². The topological polar surface area (TPSA) is 0 Å². The van der Waals surface area contributed by atoms with Crippen molar-refractivity contribution < 1.29 is 0 Å². The molecule has 0 nitrogen and oxygen atoms in total. The average Bonchev–Trinajstić information content (AvgIpc) is 2.42. The van der Waals surface area contributed by atoms with Crippen LogP contribution in [0, 0.1) is 0 Å². The molecule has 0 aromatic heterocycles. The zero-order chi connectivity index (χ0) is 18.6. The van der Waals surface area contributed by atoms with Crippen LogP contribution in [0.5, 0.6) is 0 Å². The second-order valence-corrected chi connectivity index (χ2v) is 33.0. The van der Waals surface area contributed by atoms with Crippen molar-refractivity contribution in [1.82, 2.24) is 0 Å². The molecule has 0 spiro atoms. The van der Waals surface area contributed by atoms with Crippen LogP contribution >= 0.6 is 15.8 Å². The number of hydrogen-bond acceptors (Lipinski definition) is 0. The molecule has 4 heteroatoms. The van der Waals surface area contributed by atoms with E-state index in [-0.39, 0.29) is 0 Å². The van der Waals surface area contributed by atoms with E-state index in [0.717, 1.165) is 0 Å². The van der Waals surface area contributed by atoms with Gasteiger partial charge in [0.05, 0.1) is 0 Å². The Balaban J connectivity index is -0.000000102. The van der Waals surface area contributed by atoms with Crippen LogP contribution in [0.4, 0.5) is 0 Å². The van der Waals surface area contributed by atoms with Gasteiger partial charge >= 0.3 is 71.0 Å². The second-order valence-electron chi connectivity index (χ2n) is 6.70. The molecule has 0 aliphatic heterocycles. The van der Waals surface area contributed by atoms with Crippen molar-refractivity contribution in [3.8, 4) is 0 Å². The van der Waals surface area contributed by atoms with Gasteiger partial charge in [0.25, 0.3) is 0 Å². The van der Waals surface area contributed by atoms with E-state index in [1.165, 1.54) is 37.0 Å². The molecular formula is C18H48In2P2. The molecule has 0 atom stereocenters. The summed E-state index contributed by atoms with van der Waals surface area (Å²) in [5.74, 6) is 0. The monoisotopic (exact) mass is 556 g/mol. The summed E-state index contributed by atoms with van der Waals surface area (Å²) >= 11 is -1.27. The Labute approximate surface area is 164 Å². The van der Waals surface area contributed by atoms with Crippen LogP contribution in [0.25, 0.3) is 0 Å². The predicted molar refractivity (Wildman–Crippen MR) is 124 cm³/mol. The van der Waals surface area contributed by atoms with Crippen LogP contribution in [0.15, 0.2) is 0 Å². The number of rotatable bonds is 6. The molecule has 0 rings (SSSR count). The molecule has 0 N–H and O–H groups in total. The molecule has 0 aromatic carbocycles. The van der Waals surface area contributed by atoms with Crippen LogP contribution in [0.2, 0.25) is 28.1 Å². The third-order valence-corrected chi connectivity index (χ3v) is 8.05. The van der Waals surface area contributed by atoms with Crippen molar-refractivity contribution in [1.29, 1.82) is 0 Å². The summed E-state index contributed by atoms with van der Waals surface area (Å²) in [6.45, 7) is 13.7. The van der Waals surface area contributed by atoms with E-state index in [9.17, 15) is 0 Å². The second kappa shape index (κ2) is 28.4. The maximum atomic E-state index is 2.38. The normalized spacial score (nSPS) is 9.00. The Morgan fingerprint density at radius 1 is 0.409 bits per heavy atom. The first-order chi connectivity index (χ1) is 10.2. The Morgan fingerprint density at radius 3 is 0.500 bits per heavy atom. The maximum absolute atomic E-state index is 2.38. The van der Waals surface area contributed by atoms with E-state index in [4.69, 9.17) is 0 Å². The van der Waals surface area contributed by atoms with Crippen LogP contribution in [-0.4, -0.2) is 79.8 Å². The minimum absolute atomic E-state index is 0.446. The molecule has 0 saturated heterocycles. The van der Waals surface area contributed by atoms with Gasteiger partial charge in [0.2, 0.25) is 0 Å². The SMILES string of the molecule is CCP(CC)CC.CCP(CC)CC.[CH3][In]([CH3])[CH3].[CH3][In]([CH3])[CH3]. The molecule has 0 aromatic rings. The fourth-order valence-corrected chi connectivity index (χ4v) is 4.02. The summed E-state index contributed by atoms with van der Waals surface area (Å²) in [6, 6.07) is 0. The van der Waals surface area contributed by atoms with Gasteiger partial charge in [0, 0.05) is 0 Å². The average molecular weight is 556 g/mol. The van der Waals surface area contributed by atoms with Gasteiger partial charge in [-0.1, -0.05) is 41.5 Å². The first kappa shape index (κ1) is 32.3. The van der Waals surface area contributed by atoms with E-state index >= 15 is 0 Å². The van der Waals surface area contributed by atoms with Crippen LogP contribution < -0.4 is 0 Å². The summed E-state index contributed by atoms with van der Waals surface area (Å²) in [5.41, 5.74) is 0. The summed E-state index contributed by atoms with van der Waals surface area (Å²) < 4.78 is 14.3. The number of hydrogen-bond donors (Lipinski definition) is 0. The summed E-state index contributed by atoms with van der Waals surface area (Å²) in [4.78, 5) is 0.